The molecule has 2 aliphatic carbocycles. The molecule has 2 aromatic carbocycles. The fraction of sp³-hybridized carbons (Fsp3) is 0.526. The number of hydrogen-bond acceptors (Lipinski definition) is 18. The lowest BCUT2D eigenvalue weighted by Crippen LogP contribution is -2.40. The highest BCUT2D eigenvalue weighted by Gasteiger charge is 2.35. The maximum Gasteiger partial charge on any atom is 0.225 e. The first-order valence-corrected chi connectivity index (χ1v) is 26.9. The number of amides is 1. The predicted octanol–water partition coefficient (Wildman–Crippen LogP) is 7.78. The minimum absolute atomic E-state index is 0.0534. The summed E-state index contributed by atoms with van der Waals surface area (Å²) in [5.74, 6) is 6.28. The standard InChI is InChI=1S/C30H40N6O4.C25H33N5O4.C2H6/c1-18-27(26-19(2)35-40-20(26)3)33-29(23-6-5-7-25(14-23)39-17-24(37)16-31-4)34-28(18)32-15-21-10-12-36(13-11-21)30(38)22-8-9-22;1-14-23(22-15(2)30-34-16(22)3)28-25(29-24(14)27-20-9-6-10-21(20)32)17-7-5-8-19(11-17)33-13-18(31)12-26-4;1-2/h5-7,14,21-22,24,31,37H,8-13,15-17H2,1-4H3,(H,32,33,34);5,7-8,11,18,20-21,26,31-32H,6,9-10,12-13H2,1-4H3,(H,27,28,29);1-2H3. The zero-order chi connectivity index (χ0) is 54.5. The zero-order valence-electron chi connectivity index (χ0n) is 46.0. The molecule has 3 fully saturated rings. The number of aliphatic hydroxyl groups is 3. The van der Waals surface area contributed by atoms with E-state index in [1.165, 1.54) is 0 Å². The minimum atomic E-state index is -0.607. The molecule has 19 nitrogen and oxygen atoms in total. The van der Waals surface area contributed by atoms with Crippen molar-refractivity contribution in [2.24, 2.45) is 11.8 Å². The number of piperidine rings is 1. The van der Waals surface area contributed by atoms with Gasteiger partial charge in [0.15, 0.2) is 11.6 Å². The van der Waals surface area contributed by atoms with Crippen LogP contribution in [0.1, 0.15) is 92.8 Å². The van der Waals surface area contributed by atoms with Gasteiger partial charge in [-0.05, 0) is 131 Å². The Morgan fingerprint density at radius 1 is 0.697 bits per heavy atom. The number of benzene rings is 2. The Hall–Kier alpha value is -6.51. The third-order valence-corrected chi connectivity index (χ3v) is 14.0. The number of likely N-dealkylation sites (N-methyl/N-ethyl adjacent to an activating group) is 2. The van der Waals surface area contributed by atoms with Gasteiger partial charge in [0.1, 0.15) is 60.1 Å². The molecule has 1 saturated heterocycles. The number of likely N-dealkylation sites (tertiary alicyclic amines) is 1. The van der Waals surface area contributed by atoms with E-state index in [9.17, 15) is 20.1 Å². The summed E-state index contributed by atoms with van der Waals surface area (Å²) >= 11 is 0. The molecule has 9 rings (SSSR count). The summed E-state index contributed by atoms with van der Waals surface area (Å²) in [6, 6.07) is 15.1. The Kier molecular flexibility index (Phi) is 20.3. The summed E-state index contributed by atoms with van der Waals surface area (Å²) in [6.45, 7) is 19.3. The molecule has 410 valence electrons. The SMILES string of the molecule is CC.CNCC(O)COc1cccc(-c2nc(NC3CCCC3O)c(C)c(-c3c(C)noc3C)n2)c1.CNCC(O)COc1cccc(-c2nc(NCC3CCN(C(=O)C4CC4)CC3)c(C)c(-c3c(C)noc3C)n2)c1. The molecule has 4 aromatic heterocycles. The van der Waals surface area contributed by atoms with Gasteiger partial charge in [0, 0.05) is 60.9 Å². The second kappa shape index (κ2) is 27.0. The second-order valence-corrected chi connectivity index (χ2v) is 19.9. The zero-order valence-corrected chi connectivity index (χ0v) is 46.0. The van der Waals surface area contributed by atoms with Gasteiger partial charge >= 0.3 is 0 Å². The average Bonchev–Trinajstić information content (AvgIpc) is 4.01. The second-order valence-electron chi connectivity index (χ2n) is 19.9. The number of aryl methyl sites for hydroxylation is 4. The highest BCUT2D eigenvalue weighted by Crippen LogP contribution is 2.37. The molecule has 4 unspecified atom stereocenters. The summed E-state index contributed by atoms with van der Waals surface area (Å²) < 4.78 is 22.5. The average molecular weight is 1050 g/mol. The van der Waals surface area contributed by atoms with Crippen LogP contribution in [0.3, 0.4) is 0 Å². The van der Waals surface area contributed by atoms with Crippen LogP contribution in [0.4, 0.5) is 11.6 Å². The van der Waals surface area contributed by atoms with E-state index in [1.54, 1.807) is 14.1 Å². The van der Waals surface area contributed by atoms with Crippen LogP contribution in [-0.4, -0.2) is 141 Å². The molecule has 5 heterocycles. The lowest BCUT2D eigenvalue weighted by molar-refractivity contribution is -0.133. The molecule has 7 N–H and O–H groups in total. The van der Waals surface area contributed by atoms with E-state index in [0.717, 1.165) is 127 Å². The largest absolute Gasteiger partial charge is 0.491 e. The van der Waals surface area contributed by atoms with Gasteiger partial charge in [-0.3, -0.25) is 4.79 Å². The van der Waals surface area contributed by atoms with Crippen LogP contribution in [0.25, 0.3) is 45.3 Å². The molecule has 19 heteroatoms. The number of anilines is 2. The van der Waals surface area contributed by atoms with E-state index in [1.807, 2.05) is 109 Å². The van der Waals surface area contributed by atoms with E-state index in [4.69, 9.17) is 38.5 Å². The van der Waals surface area contributed by atoms with Gasteiger partial charge in [0.25, 0.3) is 0 Å². The summed E-state index contributed by atoms with van der Waals surface area (Å²) in [6.07, 6.45) is 5.10. The molecule has 1 aliphatic heterocycles. The Bertz CT molecular complexity index is 2800. The van der Waals surface area contributed by atoms with Gasteiger partial charge in [-0.15, -0.1) is 0 Å². The molecule has 6 aromatic rings. The monoisotopic (exact) mass is 1050 g/mol. The Balaban J connectivity index is 0.000000217. The topological polar surface area (TPSA) is 251 Å². The molecule has 0 bridgehead atoms. The number of aliphatic hydroxyl groups excluding tert-OH is 3. The molecule has 1 amide bonds. The lowest BCUT2D eigenvalue weighted by atomic mass is 9.96. The van der Waals surface area contributed by atoms with E-state index in [0.29, 0.717) is 65.4 Å². The predicted molar refractivity (Wildman–Crippen MR) is 294 cm³/mol. The number of aromatic nitrogens is 6. The Labute approximate surface area is 447 Å². The van der Waals surface area contributed by atoms with Gasteiger partial charge < -0.3 is 60.0 Å². The first-order valence-electron chi connectivity index (χ1n) is 26.9. The minimum Gasteiger partial charge on any atom is -0.491 e. The fourth-order valence-corrected chi connectivity index (χ4v) is 9.63. The number of nitrogens with zero attached hydrogens (tertiary/aromatic N) is 7. The quantitative estimate of drug-likeness (QED) is 0.0385. The van der Waals surface area contributed by atoms with Crippen molar-refractivity contribution in [2.75, 3.05) is 70.7 Å². The molecule has 0 spiro atoms. The molecule has 3 aliphatic rings. The first kappa shape index (κ1) is 57.2. The number of carbonyl (C=O) groups excluding carboxylic acids is 1. The van der Waals surface area contributed by atoms with Crippen LogP contribution >= 0.6 is 0 Å². The van der Waals surface area contributed by atoms with Crippen LogP contribution < -0.4 is 30.7 Å². The van der Waals surface area contributed by atoms with Crippen molar-refractivity contribution >= 4 is 17.5 Å². The third kappa shape index (κ3) is 14.5. The maximum absolute atomic E-state index is 12.5. The number of carbonyl (C=O) groups is 1. The fourth-order valence-electron chi connectivity index (χ4n) is 9.63. The molecule has 2 saturated carbocycles. The number of ether oxygens (including phenoxy) is 2. The molecular formula is C57H79N11O8. The van der Waals surface area contributed by atoms with Crippen molar-refractivity contribution < 1.29 is 38.6 Å². The smallest absolute Gasteiger partial charge is 0.225 e. The summed E-state index contributed by atoms with van der Waals surface area (Å²) in [5, 5.41) is 51.6. The van der Waals surface area contributed by atoms with Crippen molar-refractivity contribution in [1.82, 2.24) is 45.8 Å². The van der Waals surface area contributed by atoms with Crippen molar-refractivity contribution in [3.8, 4) is 56.8 Å². The number of rotatable bonds is 20. The van der Waals surface area contributed by atoms with Gasteiger partial charge in [-0.25, -0.2) is 19.9 Å². The van der Waals surface area contributed by atoms with E-state index >= 15 is 0 Å². The van der Waals surface area contributed by atoms with Gasteiger partial charge in [-0.1, -0.05) is 48.4 Å². The molecule has 76 heavy (non-hydrogen) atoms. The lowest BCUT2D eigenvalue weighted by Gasteiger charge is -2.32. The summed E-state index contributed by atoms with van der Waals surface area (Å²) in [5.41, 5.74) is 8.18. The molecular weight excluding hydrogens is 967 g/mol. The van der Waals surface area contributed by atoms with Crippen molar-refractivity contribution in [3.63, 3.8) is 0 Å². The highest BCUT2D eigenvalue weighted by atomic mass is 16.5. The van der Waals surface area contributed by atoms with Crippen molar-refractivity contribution in [3.05, 3.63) is 82.6 Å². The van der Waals surface area contributed by atoms with Gasteiger partial charge in [0.2, 0.25) is 5.91 Å². The van der Waals surface area contributed by atoms with Crippen LogP contribution in [0, 0.1) is 53.4 Å². The van der Waals surface area contributed by atoms with Crippen LogP contribution in [-0.2, 0) is 4.79 Å². The van der Waals surface area contributed by atoms with Crippen LogP contribution in [0.2, 0.25) is 0 Å². The summed E-state index contributed by atoms with van der Waals surface area (Å²) in [4.78, 5) is 34.1. The third-order valence-electron chi connectivity index (χ3n) is 14.0. The van der Waals surface area contributed by atoms with Crippen molar-refractivity contribution in [2.45, 2.75) is 125 Å². The van der Waals surface area contributed by atoms with Crippen LogP contribution in [0.15, 0.2) is 57.6 Å². The molecule has 0 radical (unpaired) electrons. The van der Waals surface area contributed by atoms with E-state index in [-0.39, 0.29) is 25.2 Å². The number of hydrogen-bond donors (Lipinski definition) is 7. The first-order chi connectivity index (χ1) is 36.7. The van der Waals surface area contributed by atoms with Crippen molar-refractivity contribution in [1.29, 1.82) is 0 Å². The molecule has 4 atom stereocenters. The Morgan fingerprint density at radius 3 is 1.64 bits per heavy atom. The normalized spacial score (nSPS) is 17.2. The van der Waals surface area contributed by atoms with Gasteiger partial charge in [-0.2, -0.15) is 0 Å². The van der Waals surface area contributed by atoms with Crippen LogP contribution in [0.5, 0.6) is 11.5 Å². The Morgan fingerprint density at radius 2 is 1.20 bits per heavy atom. The van der Waals surface area contributed by atoms with E-state index in [2.05, 4.69) is 31.6 Å². The van der Waals surface area contributed by atoms with E-state index < -0.39 is 18.3 Å². The maximum atomic E-state index is 12.5. The number of nitrogens with one attached hydrogen (secondary N) is 4. The van der Waals surface area contributed by atoms with Gasteiger partial charge in [0.05, 0.1) is 46.0 Å². The highest BCUT2D eigenvalue weighted by molar-refractivity contribution is 5.81. The summed E-state index contributed by atoms with van der Waals surface area (Å²) in [7, 11) is 3.57.